The molecule has 0 aliphatic carbocycles. The molecule has 0 spiro atoms. The first-order chi connectivity index (χ1) is 9.31. The summed E-state index contributed by atoms with van der Waals surface area (Å²) >= 11 is 8.78. The molecule has 1 rings (SSSR count). The number of unbranched alkanes of at least 4 members (excludes halogenated alkanes) is 1. The minimum atomic E-state index is -3.99. The highest BCUT2D eigenvalue weighted by Gasteiger charge is 2.23. The normalized spacial score (nSPS) is 11.8. The van der Waals surface area contributed by atoms with Crippen LogP contribution >= 0.6 is 27.5 Å². The topological polar surface area (TPSA) is 81.4 Å². The second-order valence-electron chi connectivity index (χ2n) is 4.00. The van der Waals surface area contributed by atoms with Crippen molar-refractivity contribution in [3.8, 4) is 0 Å². The van der Waals surface area contributed by atoms with Gasteiger partial charge in [0.25, 0.3) is 0 Å². The number of rotatable bonds is 7. The number of anilines is 1. The lowest BCUT2D eigenvalue weighted by molar-refractivity contribution is 0.193. The van der Waals surface area contributed by atoms with Gasteiger partial charge < -0.3 is 10.5 Å². The molecule has 0 bridgehead atoms. The van der Waals surface area contributed by atoms with E-state index in [1.165, 1.54) is 0 Å². The fraction of sp³-hybridized carbons (Fsp3) is 0.455. The van der Waals surface area contributed by atoms with E-state index in [1.807, 2.05) is 0 Å². The second kappa shape index (κ2) is 7.56. The third-order valence-corrected chi connectivity index (χ3v) is 5.35. The number of nitrogens with two attached hydrogens (primary N) is 1. The molecule has 20 heavy (non-hydrogen) atoms. The third-order valence-electron chi connectivity index (χ3n) is 2.51. The highest BCUT2D eigenvalue weighted by molar-refractivity contribution is 9.10. The first-order valence-electron chi connectivity index (χ1n) is 5.73. The van der Waals surface area contributed by atoms with Crippen LogP contribution in [0.15, 0.2) is 15.4 Å². The van der Waals surface area contributed by atoms with Gasteiger partial charge in [-0.05, 0) is 34.8 Å². The summed E-state index contributed by atoms with van der Waals surface area (Å²) in [4.78, 5) is -0.560. The molecule has 3 N–H and O–H groups in total. The van der Waals surface area contributed by atoms with Gasteiger partial charge in [-0.15, -0.1) is 0 Å². The van der Waals surface area contributed by atoms with Crippen molar-refractivity contribution in [1.29, 1.82) is 0 Å². The summed E-state index contributed by atoms with van der Waals surface area (Å²) < 4.78 is 45.2. The van der Waals surface area contributed by atoms with Crippen molar-refractivity contribution in [1.82, 2.24) is 4.72 Å². The molecule has 0 aliphatic heterocycles. The molecular formula is C11H15BrClFN2O3S. The lowest BCUT2D eigenvalue weighted by Gasteiger charge is -2.11. The summed E-state index contributed by atoms with van der Waals surface area (Å²) in [6, 6.07) is 1.02. The van der Waals surface area contributed by atoms with Crippen LogP contribution in [0.5, 0.6) is 0 Å². The Balaban J connectivity index is 2.88. The van der Waals surface area contributed by atoms with Crippen molar-refractivity contribution in [2.24, 2.45) is 0 Å². The molecule has 0 fully saturated rings. The molecule has 0 aromatic heterocycles. The van der Waals surface area contributed by atoms with Crippen molar-refractivity contribution in [3.05, 3.63) is 21.4 Å². The molecule has 0 heterocycles. The molecule has 0 amide bonds. The monoisotopic (exact) mass is 388 g/mol. The molecule has 0 aliphatic rings. The molecule has 0 saturated carbocycles. The Labute approximate surface area is 130 Å². The van der Waals surface area contributed by atoms with E-state index < -0.39 is 20.7 Å². The molecular weight excluding hydrogens is 375 g/mol. The lowest BCUT2D eigenvalue weighted by atomic mass is 10.3. The Kier molecular flexibility index (Phi) is 6.67. The van der Waals surface area contributed by atoms with E-state index >= 15 is 0 Å². The van der Waals surface area contributed by atoms with Gasteiger partial charge in [-0.25, -0.2) is 17.5 Å². The SMILES string of the molecule is COCCCCNS(=O)(=O)c1cc(Cl)c(Br)c(N)c1F. The fourth-order valence-corrected chi connectivity index (χ4v) is 3.20. The third kappa shape index (κ3) is 4.29. The van der Waals surface area contributed by atoms with Crippen LogP contribution in [0, 0.1) is 5.82 Å². The number of ether oxygens (including phenoxy) is 1. The molecule has 1 aromatic carbocycles. The molecule has 5 nitrogen and oxygen atoms in total. The average molecular weight is 390 g/mol. The summed E-state index contributed by atoms with van der Waals surface area (Å²) in [6.07, 6.45) is 1.28. The Morgan fingerprint density at radius 2 is 2.15 bits per heavy atom. The van der Waals surface area contributed by atoms with Gasteiger partial charge in [0.1, 0.15) is 4.90 Å². The summed E-state index contributed by atoms with van der Waals surface area (Å²) in [5.74, 6) is -1.02. The van der Waals surface area contributed by atoms with Crippen LogP contribution in [0.2, 0.25) is 5.02 Å². The highest BCUT2D eigenvalue weighted by atomic mass is 79.9. The van der Waals surface area contributed by atoms with E-state index in [-0.39, 0.29) is 21.7 Å². The van der Waals surface area contributed by atoms with Crippen LogP contribution in [0.25, 0.3) is 0 Å². The van der Waals surface area contributed by atoms with Gasteiger partial charge in [-0.1, -0.05) is 11.6 Å². The van der Waals surface area contributed by atoms with E-state index in [2.05, 4.69) is 20.7 Å². The molecule has 0 radical (unpaired) electrons. The predicted octanol–water partition coefficient (Wildman–Crippen LogP) is 2.53. The maximum Gasteiger partial charge on any atom is 0.243 e. The van der Waals surface area contributed by atoms with Crippen molar-refractivity contribution < 1.29 is 17.5 Å². The van der Waals surface area contributed by atoms with E-state index in [1.54, 1.807) is 7.11 Å². The van der Waals surface area contributed by atoms with Crippen LogP contribution in [0.1, 0.15) is 12.8 Å². The van der Waals surface area contributed by atoms with Gasteiger partial charge in [0.15, 0.2) is 5.82 Å². The Morgan fingerprint density at radius 1 is 1.50 bits per heavy atom. The number of methoxy groups -OCH3 is 1. The van der Waals surface area contributed by atoms with Crippen LogP contribution < -0.4 is 10.5 Å². The first-order valence-corrected chi connectivity index (χ1v) is 8.38. The zero-order valence-corrected chi connectivity index (χ0v) is 13.9. The van der Waals surface area contributed by atoms with E-state index in [9.17, 15) is 12.8 Å². The molecule has 1 aromatic rings. The summed E-state index contributed by atoms with van der Waals surface area (Å²) in [5.41, 5.74) is 5.12. The number of nitrogens with one attached hydrogen (secondary N) is 1. The zero-order valence-electron chi connectivity index (χ0n) is 10.8. The van der Waals surface area contributed by atoms with Crippen LogP contribution in [0.4, 0.5) is 10.1 Å². The largest absolute Gasteiger partial charge is 0.395 e. The van der Waals surface area contributed by atoms with Gasteiger partial charge in [-0.2, -0.15) is 0 Å². The molecule has 114 valence electrons. The van der Waals surface area contributed by atoms with Gasteiger partial charge in [0.05, 0.1) is 15.2 Å². The Bertz CT molecular complexity index is 584. The van der Waals surface area contributed by atoms with E-state index in [0.29, 0.717) is 19.4 Å². The van der Waals surface area contributed by atoms with Gasteiger partial charge in [0, 0.05) is 20.3 Å². The van der Waals surface area contributed by atoms with E-state index in [4.69, 9.17) is 22.1 Å². The zero-order chi connectivity index (χ0) is 15.3. The first kappa shape index (κ1) is 17.6. The smallest absolute Gasteiger partial charge is 0.243 e. The number of halogens is 3. The fourth-order valence-electron chi connectivity index (χ4n) is 1.45. The number of hydrogen-bond donors (Lipinski definition) is 2. The Morgan fingerprint density at radius 3 is 2.75 bits per heavy atom. The summed E-state index contributed by atoms with van der Waals surface area (Å²) in [7, 11) is -2.43. The van der Waals surface area contributed by atoms with Crippen LogP contribution in [-0.4, -0.2) is 28.7 Å². The van der Waals surface area contributed by atoms with E-state index in [0.717, 1.165) is 6.07 Å². The van der Waals surface area contributed by atoms with Crippen LogP contribution in [0.3, 0.4) is 0 Å². The van der Waals surface area contributed by atoms with Gasteiger partial charge in [0.2, 0.25) is 10.0 Å². The molecule has 0 unspecified atom stereocenters. The number of nitrogen functional groups attached to an aromatic ring is 1. The minimum absolute atomic E-state index is 0.0312. The average Bonchev–Trinajstić information content (AvgIpc) is 2.40. The minimum Gasteiger partial charge on any atom is -0.395 e. The van der Waals surface area contributed by atoms with Crippen LogP contribution in [-0.2, 0) is 14.8 Å². The lowest BCUT2D eigenvalue weighted by Crippen LogP contribution is -2.26. The van der Waals surface area contributed by atoms with Gasteiger partial charge >= 0.3 is 0 Å². The summed E-state index contributed by atoms with van der Waals surface area (Å²) in [5, 5.41) is 0.0312. The highest BCUT2D eigenvalue weighted by Crippen LogP contribution is 2.34. The van der Waals surface area contributed by atoms with Crippen molar-refractivity contribution in [3.63, 3.8) is 0 Å². The summed E-state index contributed by atoms with van der Waals surface area (Å²) in [6.45, 7) is 0.714. The Hall–Kier alpha value is -0.410. The van der Waals surface area contributed by atoms with Crippen molar-refractivity contribution >= 4 is 43.2 Å². The quantitative estimate of drug-likeness (QED) is 0.426. The number of hydrogen-bond acceptors (Lipinski definition) is 4. The van der Waals surface area contributed by atoms with Crippen molar-refractivity contribution in [2.75, 3.05) is 26.0 Å². The number of benzene rings is 1. The second-order valence-corrected chi connectivity index (χ2v) is 6.93. The maximum absolute atomic E-state index is 13.9. The molecule has 0 atom stereocenters. The maximum atomic E-state index is 13.9. The van der Waals surface area contributed by atoms with Crippen molar-refractivity contribution in [2.45, 2.75) is 17.7 Å². The molecule has 9 heteroatoms. The van der Waals surface area contributed by atoms with Gasteiger partial charge in [-0.3, -0.25) is 0 Å². The number of sulfonamides is 1. The molecule has 0 saturated heterocycles. The standard InChI is InChI=1S/C11H15BrClFN2O3S/c1-19-5-3-2-4-16-20(17,18)8-6-7(13)9(12)11(15)10(8)14/h6,16H,2-5,15H2,1H3. The predicted molar refractivity (Wildman–Crippen MR) is 79.8 cm³/mol.